The maximum atomic E-state index is 13.7. The third-order valence-corrected chi connectivity index (χ3v) is 6.77. The number of amides is 1. The SMILES string of the molecule is O=C(c1nn(-c2cccc(F)c2)c2c1CCC2)N1C[C@@H]2CCC[C@@]2(C(=O)O)C1. The summed E-state index contributed by atoms with van der Waals surface area (Å²) in [6.07, 6.45) is 4.90. The summed E-state index contributed by atoms with van der Waals surface area (Å²) in [5.41, 5.74) is 2.09. The van der Waals surface area contributed by atoms with Crippen LogP contribution in [0.3, 0.4) is 0 Å². The summed E-state index contributed by atoms with van der Waals surface area (Å²) in [5.74, 6) is -1.31. The molecule has 1 saturated carbocycles. The summed E-state index contributed by atoms with van der Waals surface area (Å²) in [6.45, 7) is 0.736. The topological polar surface area (TPSA) is 75.4 Å². The van der Waals surface area contributed by atoms with E-state index in [1.807, 2.05) is 0 Å². The zero-order valence-electron chi connectivity index (χ0n) is 15.5. The average molecular weight is 383 g/mol. The van der Waals surface area contributed by atoms with Crippen LogP contribution in [0.5, 0.6) is 0 Å². The van der Waals surface area contributed by atoms with Crippen LogP contribution >= 0.6 is 0 Å². The van der Waals surface area contributed by atoms with Gasteiger partial charge in [-0.1, -0.05) is 12.5 Å². The van der Waals surface area contributed by atoms with Crippen molar-refractivity contribution in [1.82, 2.24) is 14.7 Å². The zero-order valence-corrected chi connectivity index (χ0v) is 15.5. The zero-order chi connectivity index (χ0) is 19.5. The predicted octanol–water partition coefficient (Wildman–Crippen LogP) is 2.83. The molecular formula is C21H22FN3O3. The Morgan fingerprint density at radius 1 is 1.25 bits per heavy atom. The lowest BCUT2D eigenvalue weighted by molar-refractivity contribution is -0.149. The van der Waals surface area contributed by atoms with E-state index in [0.717, 1.165) is 43.4 Å². The normalized spacial score (nSPS) is 25.8. The Morgan fingerprint density at radius 3 is 2.86 bits per heavy atom. The minimum absolute atomic E-state index is 0.0207. The van der Waals surface area contributed by atoms with E-state index in [2.05, 4.69) is 5.10 Å². The number of carbonyl (C=O) groups is 2. The van der Waals surface area contributed by atoms with Gasteiger partial charge in [0.1, 0.15) is 5.82 Å². The Balaban J connectivity index is 1.50. The Hall–Kier alpha value is -2.70. The highest BCUT2D eigenvalue weighted by molar-refractivity contribution is 5.95. The summed E-state index contributed by atoms with van der Waals surface area (Å²) in [7, 11) is 0. The van der Waals surface area contributed by atoms with Gasteiger partial charge in [-0.15, -0.1) is 0 Å². The molecule has 2 aliphatic carbocycles. The van der Waals surface area contributed by atoms with E-state index >= 15 is 0 Å². The van der Waals surface area contributed by atoms with Crippen molar-refractivity contribution in [2.24, 2.45) is 11.3 Å². The van der Waals surface area contributed by atoms with Crippen LogP contribution in [0, 0.1) is 17.2 Å². The van der Waals surface area contributed by atoms with Gasteiger partial charge in [-0.05, 0) is 56.2 Å². The smallest absolute Gasteiger partial charge is 0.311 e. The van der Waals surface area contributed by atoms with Crippen molar-refractivity contribution in [3.8, 4) is 5.69 Å². The predicted molar refractivity (Wildman–Crippen MR) is 98.9 cm³/mol. The van der Waals surface area contributed by atoms with E-state index in [0.29, 0.717) is 24.3 Å². The molecule has 1 aromatic carbocycles. The van der Waals surface area contributed by atoms with Gasteiger partial charge in [0.15, 0.2) is 5.69 Å². The Bertz CT molecular complexity index is 985. The van der Waals surface area contributed by atoms with Crippen molar-refractivity contribution in [3.63, 3.8) is 0 Å². The first-order valence-electron chi connectivity index (χ1n) is 9.89. The number of carboxylic acid groups (broad SMARTS) is 1. The molecule has 0 radical (unpaired) electrons. The average Bonchev–Trinajstić information content (AvgIpc) is 3.40. The molecule has 2 fully saturated rings. The van der Waals surface area contributed by atoms with Crippen LogP contribution in [0.2, 0.25) is 0 Å². The van der Waals surface area contributed by atoms with Crippen molar-refractivity contribution < 1.29 is 19.1 Å². The van der Waals surface area contributed by atoms with E-state index in [9.17, 15) is 19.1 Å². The molecule has 1 amide bonds. The fraction of sp³-hybridized carbons (Fsp3) is 0.476. The monoisotopic (exact) mass is 383 g/mol. The molecule has 3 aliphatic rings. The molecule has 0 unspecified atom stereocenters. The largest absolute Gasteiger partial charge is 0.481 e. The molecule has 5 rings (SSSR count). The highest BCUT2D eigenvalue weighted by Gasteiger charge is 2.56. The minimum atomic E-state index is -0.802. The molecule has 2 heterocycles. The number of hydrogen-bond acceptors (Lipinski definition) is 3. The molecule has 6 nitrogen and oxygen atoms in total. The fourth-order valence-electron chi connectivity index (χ4n) is 5.37. The first-order valence-corrected chi connectivity index (χ1v) is 9.89. The second kappa shape index (κ2) is 6.15. The molecule has 7 heteroatoms. The van der Waals surface area contributed by atoms with E-state index in [1.54, 1.807) is 21.7 Å². The van der Waals surface area contributed by atoms with Crippen LogP contribution in [0.1, 0.15) is 47.4 Å². The number of carboxylic acids is 1. The first-order chi connectivity index (χ1) is 13.5. The van der Waals surface area contributed by atoms with Gasteiger partial charge in [0.05, 0.1) is 11.1 Å². The van der Waals surface area contributed by atoms with Crippen LogP contribution in [0.15, 0.2) is 24.3 Å². The van der Waals surface area contributed by atoms with Crippen molar-refractivity contribution in [1.29, 1.82) is 0 Å². The second-order valence-electron chi connectivity index (χ2n) is 8.26. The fourth-order valence-corrected chi connectivity index (χ4v) is 5.37. The van der Waals surface area contributed by atoms with Crippen LogP contribution in [0.4, 0.5) is 4.39 Å². The van der Waals surface area contributed by atoms with Gasteiger partial charge < -0.3 is 10.0 Å². The lowest BCUT2D eigenvalue weighted by Gasteiger charge is -2.23. The molecule has 1 aliphatic heterocycles. The number of hydrogen-bond donors (Lipinski definition) is 1. The van der Waals surface area contributed by atoms with Crippen molar-refractivity contribution in [2.45, 2.75) is 38.5 Å². The molecule has 0 spiro atoms. The van der Waals surface area contributed by atoms with Gasteiger partial charge >= 0.3 is 5.97 Å². The third kappa shape index (κ3) is 2.41. The summed E-state index contributed by atoms with van der Waals surface area (Å²) in [4.78, 5) is 26.9. The highest BCUT2D eigenvalue weighted by atomic mass is 19.1. The standard InChI is InChI=1S/C21H22FN3O3/c22-14-5-1-6-15(10-14)25-17-8-2-7-16(17)18(23-25)19(26)24-11-13-4-3-9-21(13,12-24)20(27)28/h1,5-6,10,13H,2-4,7-9,11-12H2,(H,27,28)/t13-,21+/m0/s1. The van der Waals surface area contributed by atoms with E-state index in [4.69, 9.17) is 0 Å². The van der Waals surface area contributed by atoms with Gasteiger partial charge in [0.2, 0.25) is 0 Å². The molecule has 1 N–H and O–H groups in total. The molecule has 2 atom stereocenters. The van der Waals surface area contributed by atoms with Crippen LogP contribution in [0.25, 0.3) is 5.69 Å². The molecule has 146 valence electrons. The Kier molecular flexibility index (Phi) is 3.82. The Labute approximate surface area is 162 Å². The molecule has 1 aromatic heterocycles. The van der Waals surface area contributed by atoms with Crippen molar-refractivity contribution in [2.75, 3.05) is 13.1 Å². The van der Waals surface area contributed by atoms with Gasteiger partial charge in [0, 0.05) is 24.3 Å². The highest BCUT2D eigenvalue weighted by Crippen LogP contribution is 2.49. The minimum Gasteiger partial charge on any atom is -0.481 e. The number of fused-ring (bicyclic) bond motifs is 2. The van der Waals surface area contributed by atoms with Crippen molar-refractivity contribution >= 4 is 11.9 Å². The lowest BCUT2D eigenvalue weighted by atomic mass is 9.81. The van der Waals surface area contributed by atoms with Gasteiger partial charge in [-0.2, -0.15) is 5.10 Å². The first kappa shape index (κ1) is 17.4. The summed E-state index contributed by atoms with van der Waals surface area (Å²) in [5, 5.41) is 14.3. The summed E-state index contributed by atoms with van der Waals surface area (Å²) >= 11 is 0. The van der Waals surface area contributed by atoms with Crippen LogP contribution in [-0.4, -0.2) is 44.8 Å². The number of benzene rings is 1. The third-order valence-electron chi connectivity index (χ3n) is 6.77. The number of carbonyl (C=O) groups excluding carboxylic acids is 1. The molecule has 2 aromatic rings. The number of nitrogens with zero attached hydrogens (tertiary/aromatic N) is 3. The summed E-state index contributed by atoms with van der Waals surface area (Å²) in [6, 6.07) is 6.21. The maximum absolute atomic E-state index is 13.7. The number of likely N-dealkylation sites (tertiary alicyclic amines) is 1. The number of aromatic nitrogens is 2. The molecular weight excluding hydrogens is 361 g/mol. The quantitative estimate of drug-likeness (QED) is 0.884. The molecule has 1 saturated heterocycles. The van der Waals surface area contributed by atoms with E-state index < -0.39 is 11.4 Å². The molecule has 0 bridgehead atoms. The Morgan fingerprint density at radius 2 is 2.11 bits per heavy atom. The second-order valence-corrected chi connectivity index (χ2v) is 8.26. The van der Waals surface area contributed by atoms with E-state index in [1.165, 1.54) is 12.1 Å². The van der Waals surface area contributed by atoms with Gasteiger partial charge in [-0.3, -0.25) is 9.59 Å². The summed E-state index contributed by atoms with van der Waals surface area (Å²) < 4.78 is 15.4. The number of halogens is 1. The number of aliphatic carboxylic acids is 1. The molecule has 28 heavy (non-hydrogen) atoms. The van der Waals surface area contributed by atoms with Gasteiger partial charge in [0.25, 0.3) is 5.91 Å². The van der Waals surface area contributed by atoms with Crippen LogP contribution in [-0.2, 0) is 17.6 Å². The van der Waals surface area contributed by atoms with Crippen LogP contribution < -0.4 is 0 Å². The maximum Gasteiger partial charge on any atom is 0.311 e. The van der Waals surface area contributed by atoms with Crippen molar-refractivity contribution in [3.05, 3.63) is 47.0 Å². The number of rotatable bonds is 3. The lowest BCUT2D eigenvalue weighted by Crippen LogP contribution is -2.37. The van der Waals surface area contributed by atoms with Gasteiger partial charge in [-0.25, -0.2) is 9.07 Å². The van der Waals surface area contributed by atoms with E-state index in [-0.39, 0.29) is 24.2 Å².